The fourth-order valence-electron chi connectivity index (χ4n) is 1.31. The molecule has 2 aromatic rings. The number of anilines is 1. The van der Waals surface area contributed by atoms with Gasteiger partial charge in [-0.2, -0.15) is 4.98 Å². The lowest BCUT2D eigenvalue weighted by molar-refractivity contribution is 0.781. The normalized spacial score (nSPS) is 10.5. The predicted octanol–water partition coefficient (Wildman–Crippen LogP) is 0.523. The highest BCUT2D eigenvalue weighted by Crippen LogP contribution is 2.16. The summed E-state index contributed by atoms with van der Waals surface area (Å²) in [7, 11) is 1.76. The Bertz CT molecular complexity index is 438. The Morgan fingerprint density at radius 3 is 2.40 bits per heavy atom. The molecule has 0 amide bonds. The van der Waals surface area contributed by atoms with Gasteiger partial charge in [-0.05, 0) is 5.56 Å². The van der Waals surface area contributed by atoms with Crippen molar-refractivity contribution in [2.75, 3.05) is 5.73 Å². The SMILES string of the molecule is Cn1nc(-c2ccc(CN)cc2)nc1N. The van der Waals surface area contributed by atoms with Crippen molar-refractivity contribution < 1.29 is 0 Å². The zero-order chi connectivity index (χ0) is 10.8. The highest BCUT2D eigenvalue weighted by Gasteiger charge is 2.05. The molecule has 0 bridgehead atoms. The summed E-state index contributed by atoms with van der Waals surface area (Å²) in [5.41, 5.74) is 13.1. The Morgan fingerprint density at radius 1 is 1.27 bits per heavy atom. The second-order valence-electron chi connectivity index (χ2n) is 3.32. The average Bonchev–Trinajstić information content (AvgIpc) is 2.59. The van der Waals surface area contributed by atoms with E-state index in [9.17, 15) is 0 Å². The van der Waals surface area contributed by atoms with Gasteiger partial charge in [-0.1, -0.05) is 24.3 Å². The lowest BCUT2D eigenvalue weighted by Gasteiger charge is -1.97. The second kappa shape index (κ2) is 3.70. The van der Waals surface area contributed by atoms with Gasteiger partial charge in [0, 0.05) is 19.2 Å². The van der Waals surface area contributed by atoms with Gasteiger partial charge in [0.15, 0.2) is 5.82 Å². The van der Waals surface area contributed by atoms with Crippen molar-refractivity contribution in [2.45, 2.75) is 6.54 Å². The molecule has 0 saturated heterocycles. The number of nitrogen functional groups attached to an aromatic ring is 1. The van der Waals surface area contributed by atoms with Crippen LogP contribution in [-0.2, 0) is 13.6 Å². The predicted molar refractivity (Wildman–Crippen MR) is 58.7 cm³/mol. The molecule has 5 heteroatoms. The largest absolute Gasteiger partial charge is 0.368 e. The van der Waals surface area contributed by atoms with Crippen LogP contribution in [0.15, 0.2) is 24.3 Å². The van der Waals surface area contributed by atoms with E-state index in [1.807, 2.05) is 24.3 Å². The van der Waals surface area contributed by atoms with Crippen LogP contribution in [0.2, 0.25) is 0 Å². The fraction of sp³-hybridized carbons (Fsp3) is 0.200. The third-order valence-electron chi connectivity index (χ3n) is 2.24. The summed E-state index contributed by atoms with van der Waals surface area (Å²) in [6.07, 6.45) is 0. The lowest BCUT2D eigenvalue weighted by atomic mass is 10.1. The van der Waals surface area contributed by atoms with Crippen molar-refractivity contribution in [3.63, 3.8) is 0 Å². The van der Waals surface area contributed by atoms with Crippen LogP contribution in [0, 0.1) is 0 Å². The fourth-order valence-corrected chi connectivity index (χ4v) is 1.31. The Hall–Kier alpha value is -1.88. The number of nitrogens with zero attached hydrogens (tertiary/aromatic N) is 3. The molecular weight excluding hydrogens is 190 g/mol. The van der Waals surface area contributed by atoms with Crippen molar-refractivity contribution in [1.29, 1.82) is 0 Å². The molecule has 4 N–H and O–H groups in total. The van der Waals surface area contributed by atoms with Crippen LogP contribution in [0.25, 0.3) is 11.4 Å². The molecule has 0 spiro atoms. The molecule has 1 aromatic carbocycles. The lowest BCUT2D eigenvalue weighted by Crippen LogP contribution is -1.97. The van der Waals surface area contributed by atoms with E-state index in [1.165, 1.54) is 0 Å². The van der Waals surface area contributed by atoms with Crippen LogP contribution in [0.4, 0.5) is 5.95 Å². The molecule has 5 nitrogen and oxygen atoms in total. The van der Waals surface area contributed by atoms with Crippen LogP contribution >= 0.6 is 0 Å². The molecule has 0 aliphatic heterocycles. The van der Waals surface area contributed by atoms with E-state index in [4.69, 9.17) is 11.5 Å². The number of hydrogen-bond donors (Lipinski definition) is 2. The molecular formula is C10H13N5. The third-order valence-corrected chi connectivity index (χ3v) is 2.24. The van der Waals surface area contributed by atoms with Crippen molar-refractivity contribution in [2.24, 2.45) is 12.8 Å². The van der Waals surface area contributed by atoms with E-state index in [0.29, 0.717) is 18.3 Å². The molecule has 78 valence electrons. The Morgan fingerprint density at radius 2 is 1.93 bits per heavy atom. The van der Waals surface area contributed by atoms with Crippen molar-refractivity contribution >= 4 is 5.95 Å². The molecule has 1 aromatic heterocycles. The monoisotopic (exact) mass is 203 g/mol. The molecule has 0 aliphatic carbocycles. The number of nitrogens with two attached hydrogens (primary N) is 2. The molecule has 0 radical (unpaired) electrons. The first-order valence-corrected chi connectivity index (χ1v) is 4.66. The van der Waals surface area contributed by atoms with E-state index < -0.39 is 0 Å². The standard InChI is InChI=1S/C10H13N5/c1-15-10(12)13-9(14-15)8-4-2-7(6-11)3-5-8/h2-5H,6,11H2,1H3,(H2,12,13,14). The van der Waals surface area contributed by atoms with Crippen LogP contribution in [-0.4, -0.2) is 14.8 Å². The quantitative estimate of drug-likeness (QED) is 0.745. The van der Waals surface area contributed by atoms with Crippen LogP contribution in [0.5, 0.6) is 0 Å². The number of aromatic nitrogens is 3. The third kappa shape index (κ3) is 1.82. The maximum Gasteiger partial charge on any atom is 0.218 e. The molecule has 2 rings (SSSR count). The molecule has 15 heavy (non-hydrogen) atoms. The minimum atomic E-state index is 0.410. The molecule has 0 atom stereocenters. The first kappa shape index (κ1) is 9.67. The molecule has 0 unspecified atom stereocenters. The average molecular weight is 203 g/mol. The molecule has 0 aliphatic rings. The van der Waals surface area contributed by atoms with Crippen molar-refractivity contribution in [3.05, 3.63) is 29.8 Å². The zero-order valence-corrected chi connectivity index (χ0v) is 8.51. The minimum Gasteiger partial charge on any atom is -0.368 e. The van der Waals surface area contributed by atoms with E-state index in [-0.39, 0.29) is 0 Å². The summed E-state index contributed by atoms with van der Waals surface area (Å²) in [5, 5.41) is 4.19. The van der Waals surface area contributed by atoms with Crippen molar-refractivity contribution in [3.8, 4) is 11.4 Å². The zero-order valence-electron chi connectivity index (χ0n) is 8.51. The van der Waals surface area contributed by atoms with Crippen LogP contribution in [0.3, 0.4) is 0 Å². The molecule has 0 saturated carbocycles. The Kier molecular flexibility index (Phi) is 2.39. The summed E-state index contributed by atoms with van der Waals surface area (Å²) in [5.74, 6) is 1.05. The number of hydrogen-bond acceptors (Lipinski definition) is 4. The van der Waals surface area contributed by atoms with Gasteiger partial charge in [-0.25, -0.2) is 4.68 Å². The molecule has 1 heterocycles. The first-order chi connectivity index (χ1) is 7.20. The van der Waals surface area contributed by atoms with Gasteiger partial charge < -0.3 is 11.5 Å². The highest BCUT2D eigenvalue weighted by molar-refractivity contribution is 5.56. The van der Waals surface area contributed by atoms with Crippen molar-refractivity contribution in [1.82, 2.24) is 14.8 Å². The smallest absolute Gasteiger partial charge is 0.218 e. The number of aryl methyl sites for hydroxylation is 1. The Labute approximate surface area is 87.7 Å². The number of benzene rings is 1. The van der Waals surface area contributed by atoms with Gasteiger partial charge in [-0.3, -0.25) is 0 Å². The number of rotatable bonds is 2. The molecule has 0 fully saturated rings. The summed E-state index contributed by atoms with van der Waals surface area (Å²) in [4.78, 5) is 4.13. The summed E-state index contributed by atoms with van der Waals surface area (Å²) < 4.78 is 1.55. The summed E-state index contributed by atoms with van der Waals surface area (Å²) in [6.45, 7) is 0.540. The van der Waals surface area contributed by atoms with E-state index in [2.05, 4.69) is 10.1 Å². The second-order valence-corrected chi connectivity index (χ2v) is 3.32. The van der Waals surface area contributed by atoms with Gasteiger partial charge in [0.1, 0.15) is 0 Å². The van der Waals surface area contributed by atoms with Gasteiger partial charge in [0.05, 0.1) is 0 Å². The summed E-state index contributed by atoms with van der Waals surface area (Å²) >= 11 is 0. The minimum absolute atomic E-state index is 0.410. The van der Waals surface area contributed by atoms with E-state index >= 15 is 0 Å². The van der Waals surface area contributed by atoms with Crippen LogP contribution in [0.1, 0.15) is 5.56 Å². The van der Waals surface area contributed by atoms with Gasteiger partial charge in [0.2, 0.25) is 5.95 Å². The summed E-state index contributed by atoms with van der Waals surface area (Å²) in [6, 6.07) is 7.80. The Balaban J connectivity index is 2.37. The van der Waals surface area contributed by atoms with E-state index in [0.717, 1.165) is 11.1 Å². The van der Waals surface area contributed by atoms with E-state index in [1.54, 1.807) is 11.7 Å². The van der Waals surface area contributed by atoms with Gasteiger partial charge in [-0.15, -0.1) is 5.10 Å². The first-order valence-electron chi connectivity index (χ1n) is 4.66. The topological polar surface area (TPSA) is 82.8 Å². The highest BCUT2D eigenvalue weighted by atomic mass is 15.4. The van der Waals surface area contributed by atoms with Gasteiger partial charge >= 0.3 is 0 Å². The maximum atomic E-state index is 5.60. The van der Waals surface area contributed by atoms with Gasteiger partial charge in [0.25, 0.3) is 0 Å². The maximum absolute atomic E-state index is 5.60. The van der Waals surface area contributed by atoms with Crippen LogP contribution < -0.4 is 11.5 Å².